The molecule has 1 fully saturated rings. The summed E-state index contributed by atoms with van der Waals surface area (Å²) in [5.41, 5.74) is -0.989. The van der Waals surface area contributed by atoms with Crippen molar-refractivity contribution in [2.45, 2.75) is 18.5 Å². The topological polar surface area (TPSA) is 81.4 Å². The van der Waals surface area contributed by atoms with E-state index in [1.54, 1.807) is 0 Å². The van der Waals surface area contributed by atoms with E-state index in [1.807, 2.05) is 0 Å². The van der Waals surface area contributed by atoms with Crippen LogP contribution in [0.2, 0.25) is 0 Å². The van der Waals surface area contributed by atoms with Crippen molar-refractivity contribution in [3.8, 4) is 5.88 Å². The lowest BCUT2D eigenvalue weighted by Gasteiger charge is -2.14. The zero-order chi connectivity index (χ0) is 17.3. The Bertz CT molecular complexity index is 747. The molecule has 24 heavy (non-hydrogen) atoms. The van der Waals surface area contributed by atoms with E-state index in [2.05, 4.69) is 15.1 Å². The second-order valence-corrected chi connectivity index (χ2v) is 5.27. The largest absolute Gasteiger partial charge is 0.479 e. The zero-order valence-electron chi connectivity index (χ0n) is 12.6. The third-order valence-electron chi connectivity index (χ3n) is 3.71. The summed E-state index contributed by atoms with van der Waals surface area (Å²) in [5.74, 6) is -0.496. The van der Waals surface area contributed by atoms with Gasteiger partial charge < -0.3 is 14.2 Å². The molecule has 0 spiro atoms. The first-order chi connectivity index (χ1) is 11.4. The minimum Gasteiger partial charge on any atom is -0.479 e. The van der Waals surface area contributed by atoms with Gasteiger partial charge in [0.2, 0.25) is 5.76 Å². The number of nitrogens with zero attached hydrogens (tertiary/aromatic N) is 4. The number of carbonyl (C=O) groups is 1. The van der Waals surface area contributed by atoms with Gasteiger partial charge in [-0.3, -0.25) is 4.79 Å². The van der Waals surface area contributed by atoms with E-state index in [1.165, 1.54) is 18.1 Å². The SMILES string of the molecule is COc1cc(C(=O)N2CCC(c3nccc(C(F)(F)F)n3)C2)on1. The number of rotatable bonds is 3. The maximum absolute atomic E-state index is 12.7. The van der Waals surface area contributed by atoms with Crippen molar-refractivity contribution in [1.29, 1.82) is 0 Å². The lowest BCUT2D eigenvalue weighted by atomic mass is 10.1. The van der Waals surface area contributed by atoms with Gasteiger partial charge in [0.1, 0.15) is 11.5 Å². The number of halogens is 3. The van der Waals surface area contributed by atoms with Gasteiger partial charge in [-0.15, -0.1) is 0 Å². The minimum absolute atomic E-state index is 0.0115. The summed E-state index contributed by atoms with van der Waals surface area (Å²) in [5, 5.41) is 3.55. The highest BCUT2D eigenvalue weighted by Crippen LogP contribution is 2.30. The Morgan fingerprint density at radius 1 is 1.46 bits per heavy atom. The van der Waals surface area contributed by atoms with Crippen molar-refractivity contribution < 1.29 is 27.2 Å². The summed E-state index contributed by atoms with van der Waals surface area (Å²) < 4.78 is 47.9. The van der Waals surface area contributed by atoms with Crippen molar-refractivity contribution >= 4 is 5.91 Å². The van der Waals surface area contributed by atoms with Crippen LogP contribution in [0.15, 0.2) is 22.9 Å². The Hall–Kier alpha value is -2.65. The molecular weight excluding hydrogens is 329 g/mol. The first kappa shape index (κ1) is 16.2. The van der Waals surface area contributed by atoms with Crippen molar-refractivity contribution in [1.82, 2.24) is 20.0 Å². The Morgan fingerprint density at radius 2 is 2.25 bits per heavy atom. The summed E-state index contributed by atoms with van der Waals surface area (Å²) >= 11 is 0. The van der Waals surface area contributed by atoms with Crippen molar-refractivity contribution in [3.63, 3.8) is 0 Å². The van der Waals surface area contributed by atoms with Crippen LogP contribution in [0.3, 0.4) is 0 Å². The number of methoxy groups -OCH3 is 1. The van der Waals surface area contributed by atoms with E-state index in [0.717, 1.165) is 12.3 Å². The molecule has 0 aliphatic carbocycles. The van der Waals surface area contributed by atoms with Crippen LogP contribution in [0, 0.1) is 0 Å². The van der Waals surface area contributed by atoms with Crippen molar-refractivity contribution in [2.24, 2.45) is 0 Å². The molecule has 2 aromatic rings. The number of alkyl halides is 3. The normalized spacial score (nSPS) is 18.0. The molecule has 0 bridgehead atoms. The molecule has 128 valence electrons. The van der Waals surface area contributed by atoms with E-state index in [0.29, 0.717) is 13.0 Å². The zero-order valence-corrected chi connectivity index (χ0v) is 12.6. The van der Waals surface area contributed by atoms with Gasteiger partial charge in [-0.2, -0.15) is 13.2 Å². The molecule has 1 aliphatic rings. The smallest absolute Gasteiger partial charge is 0.433 e. The third-order valence-corrected chi connectivity index (χ3v) is 3.71. The van der Waals surface area contributed by atoms with Crippen LogP contribution in [0.4, 0.5) is 13.2 Å². The minimum atomic E-state index is -4.53. The summed E-state index contributed by atoms with van der Waals surface area (Å²) in [6, 6.07) is 2.18. The molecule has 1 aliphatic heterocycles. The van der Waals surface area contributed by atoms with E-state index >= 15 is 0 Å². The summed E-state index contributed by atoms with van der Waals surface area (Å²) in [4.78, 5) is 21.3. The maximum atomic E-state index is 12.7. The second-order valence-electron chi connectivity index (χ2n) is 5.27. The standard InChI is InChI=1S/C14H13F3N4O3/c1-23-11-6-9(24-20-11)13(22)21-5-3-8(7-21)12-18-4-2-10(19-12)14(15,16)17/h2,4,6,8H,3,5,7H2,1H3. The third kappa shape index (κ3) is 3.17. The molecule has 0 aromatic carbocycles. The van der Waals surface area contributed by atoms with E-state index in [9.17, 15) is 18.0 Å². The van der Waals surface area contributed by atoms with Gasteiger partial charge in [-0.25, -0.2) is 9.97 Å². The molecule has 1 atom stereocenters. The predicted molar refractivity (Wildman–Crippen MR) is 73.4 cm³/mol. The quantitative estimate of drug-likeness (QED) is 0.850. The Labute approximate surface area is 134 Å². The van der Waals surface area contributed by atoms with Crippen LogP contribution in [-0.2, 0) is 6.18 Å². The van der Waals surface area contributed by atoms with E-state index < -0.39 is 17.8 Å². The fourth-order valence-electron chi connectivity index (χ4n) is 2.50. The van der Waals surface area contributed by atoms with Crippen LogP contribution in [0.1, 0.15) is 34.4 Å². The van der Waals surface area contributed by atoms with Gasteiger partial charge in [0, 0.05) is 25.2 Å². The van der Waals surface area contributed by atoms with Crippen LogP contribution < -0.4 is 4.74 Å². The Balaban J connectivity index is 1.72. The van der Waals surface area contributed by atoms with Gasteiger partial charge in [0.25, 0.3) is 11.8 Å². The van der Waals surface area contributed by atoms with Gasteiger partial charge in [0.05, 0.1) is 13.2 Å². The molecule has 0 N–H and O–H groups in total. The molecule has 3 heterocycles. The Kier molecular flexibility index (Phi) is 4.12. The highest BCUT2D eigenvalue weighted by Gasteiger charge is 2.35. The number of ether oxygens (including phenoxy) is 1. The monoisotopic (exact) mass is 342 g/mol. The van der Waals surface area contributed by atoms with Gasteiger partial charge in [0.15, 0.2) is 0 Å². The number of likely N-dealkylation sites (tertiary alicyclic amines) is 1. The number of carbonyl (C=O) groups excluding carboxylic acids is 1. The second kappa shape index (κ2) is 6.10. The molecule has 1 unspecified atom stereocenters. The molecule has 1 amide bonds. The van der Waals surface area contributed by atoms with Crippen LogP contribution in [0.5, 0.6) is 5.88 Å². The maximum Gasteiger partial charge on any atom is 0.433 e. The molecule has 1 saturated heterocycles. The van der Waals surface area contributed by atoms with Crippen LogP contribution >= 0.6 is 0 Å². The van der Waals surface area contributed by atoms with Crippen LogP contribution in [0.25, 0.3) is 0 Å². The fraction of sp³-hybridized carbons (Fsp3) is 0.429. The predicted octanol–water partition coefficient (Wildman–Crippen LogP) is 2.12. The van der Waals surface area contributed by atoms with Crippen molar-refractivity contribution in [2.75, 3.05) is 20.2 Å². The van der Waals surface area contributed by atoms with Gasteiger partial charge in [-0.05, 0) is 17.6 Å². The molecule has 0 saturated carbocycles. The number of hydrogen-bond acceptors (Lipinski definition) is 6. The van der Waals surface area contributed by atoms with Gasteiger partial charge >= 0.3 is 6.18 Å². The first-order valence-electron chi connectivity index (χ1n) is 7.08. The Morgan fingerprint density at radius 3 is 2.92 bits per heavy atom. The van der Waals surface area contributed by atoms with Crippen molar-refractivity contribution in [3.05, 3.63) is 35.6 Å². The molecule has 2 aromatic heterocycles. The molecule has 0 radical (unpaired) electrons. The summed E-state index contributed by atoms with van der Waals surface area (Å²) in [6.45, 7) is 0.579. The highest BCUT2D eigenvalue weighted by atomic mass is 19.4. The van der Waals surface area contributed by atoms with E-state index in [-0.39, 0.29) is 29.9 Å². The average molecular weight is 342 g/mol. The number of aromatic nitrogens is 3. The summed E-state index contributed by atoms with van der Waals surface area (Å²) in [6.07, 6.45) is -2.97. The molecule has 3 rings (SSSR count). The lowest BCUT2D eigenvalue weighted by molar-refractivity contribution is -0.141. The molecule has 10 heteroatoms. The molecule has 7 nitrogen and oxygen atoms in total. The highest BCUT2D eigenvalue weighted by molar-refractivity contribution is 5.91. The lowest BCUT2D eigenvalue weighted by Crippen LogP contribution is -2.28. The first-order valence-corrected chi connectivity index (χ1v) is 7.08. The average Bonchev–Trinajstić information content (AvgIpc) is 3.23. The summed E-state index contributed by atoms with van der Waals surface area (Å²) in [7, 11) is 1.39. The number of amides is 1. The number of hydrogen-bond donors (Lipinski definition) is 0. The molecular formula is C14H13F3N4O3. The van der Waals surface area contributed by atoms with Crippen LogP contribution in [-0.4, -0.2) is 46.1 Å². The fourth-order valence-corrected chi connectivity index (χ4v) is 2.50. The van der Waals surface area contributed by atoms with Gasteiger partial charge in [-0.1, -0.05) is 0 Å². The van der Waals surface area contributed by atoms with E-state index in [4.69, 9.17) is 9.26 Å².